The van der Waals surface area contributed by atoms with Crippen molar-refractivity contribution in [3.05, 3.63) is 52.6 Å². The number of benzene rings is 1. The Kier molecular flexibility index (Phi) is 2.64. The number of nitroso groups, excluding NO2 is 1. The van der Waals surface area contributed by atoms with E-state index in [0.29, 0.717) is 5.76 Å². The Bertz CT molecular complexity index is 525. The molecule has 16 heavy (non-hydrogen) atoms. The summed E-state index contributed by atoms with van der Waals surface area (Å²) in [7, 11) is 0. The van der Waals surface area contributed by atoms with Crippen LogP contribution in [0.4, 0.5) is 0 Å². The molecule has 4 nitrogen and oxygen atoms in total. The van der Waals surface area contributed by atoms with Crippen molar-refractivity contribution in [3.8, 4) is 11.3 Å². The molecule has 0 bridgehead atoms. The highest BCUT2D eigenvalue weighted by Crippen LogP contribution is 2.22. The molecule has 0 radical (unpaired) electrons. The zero-order valence-electron chi connectivity index (χ0n) is 8.64. The number of furan rings is 1. The summed E-state index contributed by atoms with van der Waals surface area (Å²) >= 11 is 0. The van der Waals surface area contributed by atoms with Gasteiger partial charge >= 0.3 is 5.91 Å². The van der Waals surface area contributed by atoms with Crippen LogP contribution in [0.1, 0.15) is 16.1 Å². The standard InChI is InChI=1S/C12H9NO3/c1-8-2-4-9(5-3-8)10-6-7-11(16-10)12(14)13-15/h2-7H,1H3. The fraction of sp³-hybridized carbons (Fsp3) is 0.0833. The first-order chi connectivity index (χ1) is 7.70. The van der Waals surface area contributed by atoms with Gasteiger partial charge in [0.1, 0.15) is 5.76 Å². The minimum atomic E-state index is -0.890. The molecule has 80 valence electrons. The van der Waals surface area contributed by atoms with Crippen LogP contribution in [-0.4, -0.2) is 5.91 Å². The first-order valence-corrected chi connectivity index (χ1v) is 4.75. The highest BCUT2D eigenvalue weighted by molar-refractivity contribution is 5.92. The topological polar surface area (TPSA) is 59.6 Å². The third kappa shape index (κ3) is 1.91. The Morgan fingerprint density at radius 1 is 1.12 bits per heavy atom. The van der Waals surface area contributed by atoms with Crippen molar-refractivity contribution in [2.24, 2.45) is 5.18 Å². The lowest BCUT2D eigenvalue weighted by molar-refractivity contribution is 0.0975. The Morgan fingerprint density at radius 2 is 1.81 bits per heavy atom. The van der Waals surface area contributed by atoms with E-state index in [9.17, 15) is 9.70 Å². The Hall–Kier alpha value is -2.23. The summed E-state index contributed by atoms with van der Waals surface area (Å²) in [5.74, 6) is -0.379. The summed E-state index contributed by atoms with van der Waals surface area (Å²) in [6.45, 7) is 1.98. The summed E-state index contributed by atoms with van der Waals surface area (Å²) in [4.78, 5) is 21.0. The van der Waals surface area contributed by atoms with Gasteiger partial charge in [-0.3, -0.25) is 4.79 Å². The molecule has 0 saturated heterocycles. The van der Waals surface area contributed by atoms with Crippen LogP contribution in [0.5, 0.6) is 0 Å². The van der Waals surface area contributed by atoms with Crippen molar-refractivity contribution in [2.75, 3.05) is 0 Å². The van der Waals surface area contributed by atoms with Crippen molar-refractivity contribution < 1.29 is 9.21 Å². The molecule has 0 saturated carbocycles. The lowest BCUT2D eigenvalue weighted by atomic mass is 10.1. The monoisotopic (exact) mass is 215 g/mol. The molecule has 0 aliphatic carbocycles. The molecular weight excluding hydrogens is 206 g/mol. The van der Waals surface area contributed by atoms with Crippen LogP contribution < -0.4 is 0 Å². The molecule has 0 spiro atoms. The Morgan fingerprint density at radius 3 is 2.44 bits per heavy atom. The normalized spacial score (nSPS) is 10.1. The summed E-state index contributed by atoms with van der Waals surface area (Å²) in [5.41, 5.74) is 2.00. The molecule has 0 fully saturated rings. The van der Waals surface area contributed by atoms with Crippen molar-refractivity contribution >= 4 is 5.91 Å². The third-order valence-electron chi connectivity index (χ3n) is 2.24. The lowest BCUT2D eigenvalue weighted by Crippen LogP contribution is -1.88. The molecule has 1 heterocycles. The zero-order chi connectivity index (χ0) is 11.5. The van der Waals surface area contributed by atoms with Crippen molar-refractivity contribution in [2.45, 2.75) is 6.92 Å². The quantitative estimate of drug-likeness (QED) is 0.723. The van der Waals surface area contributed by atoms with Crippen molar-refractivity contribution in [1.82, 2.24) is 0 Å². The van der Waals surface area contributed by atoms with Gasteiger partial charge in [-0.25, -0.2) is 0 Å². The van der Waals surface area contributed by atoms with Crippen LogP contribution in [0.15, 0.2) is 46.0 Å². The minimum Gasteiger partial charge on any atom is -0.451 e. The molecule has 4 heteroatoms. The van der Waals surface area contributed by atoms with Crippen LogP contribution in [0, 0.1) is 11.8 Å². The predicted molar refractivity (Wildman–Crippen MR) is 59.0 cm³/mol. The SMILES string of the molecule is Cc1ccc(-c2ccc(C(=O)N=O)o2)cc1. The van der Waals surface area contributed by atoms with Gasteiger partial charge in [-0.1, -0.05) is 29.8 Å². The van der Waals surface area contributed by atoms with E-state index >= 15 is 0 Å². The molecule has 1 aromatic heterocycles. The smallest absolute Gasteiger partial charge is 0.351 e. The molecule has 0 unspecified atom stereocenters. The summed E-state index contributed by atoms with van der Waals surface area (Å²) < 4.78 is 5.22. The van der Waals surface area contributed by atoms with E-state index in [1.54, 1.807) is 6.07 Å². The number of carbonyl (C=O) groups is 1. The third-order valence-corrected chi connectivity index (χ3v) is 2.24. The summed E-state index contributed by atoms with van der Waals surface area (Å²) in [6.07, 6.45) is 0. The molecule has 0 aliphatic rings. The predicted octanol–water partition coefficient (Wildman–Crippen LogP) is 3.16. The highest BCUT2D eigenvalue weighted by Gasteiger charge is 2.11. The van der Waals surface area contributed by atoms with Gasteiger partial charge in [-0.2, -0.15) is 0 Å². The molecule has 2 rings (SSSR count). The van der Waals surface area contributed by atoms with Crippen LogP contribution in [-0.2, 0) is 0 Å². The molecule has 0 atom stereocenters. The van der Waals surface area contributed by atoms with Gasteiger partial charge in [-0.15, -0.1) is 4.91 Å². The minimum absolute atomic E-state index is 0.0365. The Balaban J connectivity index is 2.35. The van der Waals surface area contributed by atoms with Crippen LogP contribution in [0.2, 0.25) is 0 Å². The number of aryl methyl sites for hydroxylation is 1. The van der Waals surface area contributed by atoms with Crippen molar-refractivity contribution in [1.29, 1.82) is 0 Å². The van der Waals surface area contributed by atoms with Gasteiger partial charge in [0, 0.05) is 10.7 Å². The second kappa shape index (κ2) is 4.10. The van der Waals surface area contributed by atoms with Gasteiger partial charge in [0.25, 0.3) is 0 Å². The number of hydrogen-bond donors (Lipinski definition) is 0. The van der Waals surface area contributed by atoms with Crippen LogP contribution >= 0.6 is 0 Å². The first-order valence-electron chi connectivity index (χ1n) is 4.75. The number of amides is 1. The largest absolute Gasteiger partial charge is 0.451 e. The maximum Gasteiger partial charge on any atom is 0.351 e. The fourth-order valence-corrected chi connectivity index (χ4v) is 1.37. The maximum absolute atomic E-state index is 10.9. The van der Waals surface area contributed by atoms with Gasteiger partial charge in [0.2, 0.25) is 0 Å². The number of hydrogen-bond acceptors (Lipinski definition) is 3. The van der Waals surface area contributed by atoms with Gasteiger partial charge in [0.05, 0.1) is 0 Å². The van der Waals surface area contributed by atoms with E-state index < -0.39 is 5.91 Å². The summed E-state index contributed by atoms with van der Waals surface area (Å²) in [6, 6.07) is 10.7. The van der Waals surface area contributed by atoms with Gasteiger partial charge < -0.3 is 4.42 Å². The average molecular weight is 215 g/mol. The molecular formula is C12H9NO3. The number of nitrogens with zero attached hydrogens (tertiary/aromatic N) is 1. The molecule has 2 aromatic rings. The molecule has 0 aliphatic heterocycles. The molecule has 0 N–H and O–H groups in total. The highest BCUT2D eigenvalue weighted by atomic mass is 16.4. The van der Waals surface area contributed by atoms with Gasteiger partial charge in [0.15, 0.2) is 5.76 Å². The Labute approximate surface area is 91.9 Å². The maximum atomic E-state index is 10.9. The van der Waals surface area contributed by atoms with E-state index in [2.05, 4.69) is 5.18 Å². The van der Waals surface area contributed by atoms with E-state index in [1.165, 1.54) is 6.07 Å². The molecule has 1 aromatic carbocycles. The average Bonchev–Trinajstić information content (AvgIpc) is 2.78. The fourth-order valence-electron chi connectivity index (χ4n) is 1.37. The van der Waals surface area contributed by atoms with E-state index in [0.717, 1.165) is 11.1 Å². The number of carbonyl (C=O) groups excluding carboxylic acids is 1. The van der Waals surface area contributed by atoms with E-state index in [1.807, 2.05) is 31.2 Å². The number of rotatable bonds is 2. The van der Waals surface area contributed by atoms with E-state index in [-0.39, 0.29) is 5.76 Å². The second-order valence-corrected chi connectivity index (χ2v) is 3.43. The first kappa shape index (κ1) is 10.3. The van der Waals surface area contributed by atoms with Crippen LogP contribution in [0.25, 0.3) is 11.3 Å². The lowest BCUT2D eigenvalue weighted by Gasteiger charge is -1.96. The zero-order valence-corrected chi connectivity index (χ0v) is 8.64. The second-order valence-electron chi connectivity index (χ2n) is 3.43. The summed E-state index contributed by atoms with van der Waals surface area (Å²) in [5, 5.41) is 2.30. The molecule has 1 amide bonds. The van der Waals surface area contributed by atoms with Crippen LogP contribution in [0.3, 0.4) is 0 Å². The van der Waals surface area contributed by atoms with E-state index in [4.69, 9.17) is 4.42 Å². The van der Waals surface area contributed by atoms with Gasteiger partial charge in [-0.05, 0) is 19.1 Å². The van der Waals surface area contributed by atoms with Crippen molar-refractivity contribution in [3.63, 3.8) is 0 Å².